The monoisotopic (exact) mass is 383 g/mol. The van der Waals surface area contributed by atoms with E-state index in [0.29, 0.717) is 25.7 Å². The van der Waals surface area contributed by atoms with Crippen LogP contribution in [0.2, 0.25) is 0 Å². The molecule has 6 nitrogen and oxygen atoms in total. The van der Waals surface area contributed by atoms with Gasteiger partial charge in [-0.2, -0.15) is 0 Å². The van der Waals surface area contributed by atoms with Gasteiger partial charge >= 0.3 is 0 Å². The maximum Gasteiger partial charge on any atom is 0.283 e. The molecule has 28 heavy (non-hydrogen) atoms. The highest BCUT2D eigenvalue weighted by Gasteiger charge is 2.62. The molecule has 2 aromatic rings. The van der Waals surface area contributed by atoms with Gasteiger partial charge in [0.2, 0.25) is 0 Å². The summed E-state index contributed by atoms with van der Waals surface area (Å²) >= 11 is 0. The maximum atomic E-state index is 8.89. The Balaban J connectivity index is 1.62. The minimum absolute atomic E-state index is 0.111. The van der Waals surface area contributed by atoms with E-state index in [-0.39, 0.29) is 11.9 Å². The summed E-state index contributed by atoms with van der Waals surface area (Å²) in [5.41, 5.74) is 7.42. The molecule has 2 spiro atoms. The number of benzene rings is 1. The molecule has 5 rings (SSSR count). The lowest BCUT2D eigenvalue weighted by molar-refractivity contribution is -0.0445. The summed E-state index contributed by atoms with van der Waals surface area (Å²) in [5, 5.41) is 0. The van der Waals surface area contributed by atoms with Crippen LogP contribution in [0.25, 0.3) is 11.1 Å². The summed E-state index contributed by atoms with van der Waals surface area (Å²) in [6.07, 6.45) is 6.60. The Bertz CT molecular complexity index is 1110. The van der Waals surface area contributed by atoms with Gasteiger partial charge in [-0.1, -0.05) is 19.1 Å². The SMILES string of the molecule is [2H]C([2H])([2H])O[C@@H]1CC[C@]2(Cc3ccc(-c4cncnc4)cc3[C@]23N=C(N)OC3([2H])[2H])C[C@H]1C. The Morgan fingerprint density at radius 1 is 1.32 bits per heavy atom. The third-order valence-electron chi connectivity index (χ3n) is 6.68. The predicted molar refractivity (Wildman–Crippen MR) is 107 cm³/mol. The van der Waals surface area contributed by atoms with Crippen molar-refractivity contribution in [2.45, 2.75) is 44.2 Å². The van der Waals surface area contributed by atoms with E-state index in [1.807, 2.05) is 25.1 Å². The number of rotatable bonds is 2. The first-order valence-corrected chi connectivity index (χ1v) is 9.57. The lowest BCUT2D eigenvalue weighted by atomic mass is 9.59. The van der Waals surface area contributed by atoms with Crippen LogP contribution >= 0.6 is 0 Å². The first kappa shape index (κ1) is 12.9. The lowest BCUT2D eigenvalue weighted by Crippen LogP contribution is -2.48. The Hall–Kier alpha value is -2.47. The van der Waals surface area contributed by atoms with E-state index in [1.54, 1.807) is 12.4 Å². The van der Waals surface area contributed by atoms with Crippen molar-refractivity contribution in [3.8, 4) is 11.1 Å². The molecule has 0 radical (unpaired) electrons. The van der Waals surface area contributed by atoms with Gasteiger partial charge in [0.1, 0.15) is 18.4 Å². The van der Waals surface area contributed by atoms with Crippen molar-refractivity contribution >= 4 is 6.02 Å². The molecule has 2 N–H and O–H groups in total. The smallest absolute Gasteiger partial charge is 0.283 e. The third-order valence-corrected chi connectivity index (χ3v) is 6.68. The number of fused-ring (bicyclic) bond motifs is 3. The Morgan fingerprint density at radius 2 is 2.18 bits per heavy atom. The zero-order valence-electron chi connectivity index (χ0n) is 20.7. The molecule has 0 bridgehead atoms. The van der Waals surface area contributed by atoms with Gasteiger partial charge in [-0.05, 0) is 54.4 Å². The quantitative estimate of drug-likeness (QED) is 0.862. The van der Waals surface area contributed by atoms with Crippen LogP contribution < -0.4 is 5.73 Å². The van der Waals surface area contributed by atoms with Crippen molar-refractivity contribution < 1.29 is 16.3 Å². The fraction of sp³-hybridized carbons (Fsp3) is 0.500. The van der Waals surface area contributed by atoms with Gasteiger partial charge in [0.25, 0.3) is 6.02 Å². The molecule has 1 aliphatic heterocycles. The Morgan fingerprint density at radius 3 is 2.89 bits per heavy atom. The van der Waals surface area contributed by atoms with Crippen molar-refractivity contribution in [1.29, 1.82) is 0 Å². The van der Waals surface area contributed by atoms with Gasteiger partial charge in [-0.3, -0.25) is 0 Å². The zero-order chi connectivity index (χ0) is 23.6. The second-order valence-electron chi connectivity index (χ2n) is 8.20. The van der Waals surface area contributed by atoms with E-state index in [0.717, 1.165) is 22.3 Å². The molecule has 1 aromatic carbocycles. The zero-order valence-corrected chi connectivity index (χ0v) is 15.7. The number of aliphatic imine (C=N–C) groups is 1. The Kier molecular flexibility index (Phi) is 2.89. The highest BCUT2D eigenvalue weighted by atomic mass is 16.5. The molecule has 0 amide bonds. The van der Waals surface area contributed by atoms with E-state index >= 15 is 0 Å². The number of nitrogens with zero attached hydrogens (tertiary/aromatic N) is 3. The predicted octanol–water partition coefficient (Wildman–Crippen LogP) is 3.06. The van der Waals surface area contributed by atoms with Crippen molar-refractivity contribution in [2.24, 2.45) is 22.1 Å². The van der Waals surface area contributed by atoms with Crippen molar-refractivity contribution in [2.75, 3.05) is 13.6 Å². The fourth-order valence-corrected chi connectivity index (χ4v) is 5.37. The van der Waals surface area contributed by atoms with Crippen LogP contribution in [0.15, 0.2) is 41.9 Å². The lowest BCUT2D eigenvalue weighted by Gasteiger charge is -2.47. The van der Waals surface area contributed by atoms with Crippen LogP contribution in [0, 0.1) is 11.3 Å². The van der Waals surface area contributed by atoms with E-state index in [2.05, 4.69) is 15.0 Å². The molecule has 1 fully saturated rings. The topological polar surface area (TPSA) is 82.6 Å². The molecule has 146 valence electrons. The van der Waals surface area contributed by atoms with Crippen LogP contribution in [0.4, 0.5) is 0 Å². The van der Waals surface area contributed by atoms with Crippen LogP contribution in [-0.4, -0.2) is 35.7 Å². The number of methoxy groups -OCH3 is 1. The van der Waals surface area contributed by atoms with E-state index in [1.165, 1.54) is 6.33 Å². The molecule has 1 saturated carbocycles. The molecule has 2 aliphatic carbocycles. The third kappa shape index (κ3) is 2.40. The molecule has 6 heteroatoms. The summed E-state index contributed by atoms with van der Waals surface area (Å²) < 4.78 is 51.1. The molecule has 0 unspecified atom stereocenters. The van der Waals surface area contributed by atoms with E-state index in [9.17, 15) is 0 Å². The van der Waals surface area contributed by atoms with Crippen molar-refractivity contribution in [3.63, 3.8) is 0 Å². The molecular weight excluding hydrogens is 352 g/mol. The highest BCUT2D eigenvalue weighted by Crippen LogP contribution is 2.62. The molecule has 4 atom stereocenters. The molecule has 1 aromatic heterocycles. The first-order valence-electron chi connectivity index (χ1n) is 12.1. The second-order valence-corrected chi connectivity index (χ2v) is 8.20. The summed E-state index contributed by atoms with van der Waals surface area (Å²) in [7, 11) is -2.47. The van der Waals surface area contributed by atoms with Gasteiger partial charge < -0.3 is 15.2 Å². The second kappa shape index (κ2) is 6.27. The number of ether oxygens (including phenoxy) is 2. The standard InChI is InChI=1S/C22H26N4O2/c1-14-8-21(6-5-19(14)27-2)9-16-4-3-15(17-10-24-13-25-11-17)7-18(16)22(21)12-28-20(23)26-22/h3-4,7,10-11,13-14,19H,5-6,8-9,12H2,1-2H3,(H2,23,26)/t14-,19-,21-,22+/m1/s1/i2D3,12D2. The van der Waals surface area contributed by atoms with E-state index < -0.39 is 30.7 Å². The normalized spacial score (nSPS) is 38.6. The van der Waals surface area contributed by atoms with Crippen molar-refractivity contribution in [1.82, 2.24) is 9.97 Å². The largest absolute Gasteiger partial charge is 0.462 e. The molecule has 0 saturated heterocycles. The number of hydrogen-bond donors (Lipinski definition) is 1. The van der Waals surface area contributed by atoms with Crippen LogP contribution in [-0.2, 0) is 21.4 Å². The minimum atomic E-state index is -2.47. The average Bonchev–Trinajstić information content (AvgIpc) is 3.14. The van der Waals surface area contributed by atoms with Crippen LogP contribution in [0.3, 0.4) is 0 Å². The van der Waals surface area contributed by atoms with Gasteiger partial charge in [-0.15, -0.1) is 0 Å². The number of hydrogen-bond acceptors (Lipinski definition) is 6. The summed E-state index contributed by atoms with van der Waals surface area (Å²) in [4.78, 5) is 12.9. The minimum Gasteiger partial charge on any atom is -0.462 e. The summed E-state index contributed by atoms with van der Waals surface area (Å²) in [6.45, 7) is -0.204. The van der Waals surface area contributed by atoms with Gasteiger partial charge in [0.15, 0.2) is 0 Å². The van der Waals surface area contributed by atoms with Gasteiger partial charge in [-0.25, -0.2) is 15.0 Å². The average molecular weight is 384 g/mol. The number of nitrogens with two attached hydrogens (primary N) is 1. The van der Waals surface area contributed by atoms with Gasteiger partial charge in [0, 0.05) is 30.4 Å². The summed E-state index contributed by atoms with van der Waals surface area (Å²) in [6, 6.07) is 5.76. The molecule has 3 aliphatic rings. The fourth-order valence-electron chi connectivity index (χ4n) is 5.37. The van der Waals surface area contributed by atoms with Crippen LogP contribution in [0.5, 0.6) is 0 Å². The number of amidine groups is 1. The highest BCUT2D eigenvalue weighted by molar-refractivity contribution is 5.75. The van der Waals surface area contributed by atoms with Crippen LogP contribution in [0.1, 0.15) is 44.2 Å². The maximum absolute atomic E-state index is 8.89. The molecular formula is C22H26N4O2. The molecule has 2 heterocycles. The number of aromatic nitrogens is 2. The van der Waals surface area contributed by atoms with E-state index in [4.69, 9.17) is 22.1 Å². The van der Waals surface area contributed by atoms with Gasteiger partial charge in [0.05, 0.1) is 13.0 Å². The van der Waals surface area contributed by atoms with Crippen molar-refractivity contribution in [3.05, 3.63) is 48.0 Å². The summed E-state index contributed by atoms with van der Waals surface area (Å²) in [5.74, 6) is -0.111. The first-order chi connectivity index (χ1) is 15.5. The Labute approximate surface area is 172 Å².